The van der Waals surface area contributed by atoms with Crippen LogP contribution in [-0.2, 0) is 4.79 Å². The lowest BCUT2D eigenvalue weighted by Gasteiger charge is -2.18. The molecule has 0 aromatic heterocycles. The smallest absolute Gasteiger partial charge is 0.227 e. The Morgan fingerprint density at radius 3 is 2.33 bits per heavy atom. The second-order valence-electron chi connectivity index (χ2n) is 7.16. The van der Waals surface area contributed by atoms with E-state index < -0.39 is 0 Å². The molecule has 0 saturated carbocycles. The van der Waals surface area contributed by atoms with Crippen molar-refractivity contribution in [1.82, 2.24) is 0 Å². The van der Waals surface area contributed by atoms with Crippen molar-refractivity contribution >= 4 is 17.3 Å². The number of nitrogen functional groups attached to an aromatic ring is 1. The third-order valence-corrected chi connectivity index (χ3v) is 5.25. The average Bonchev–Trinajstić information content (AvgIpc) is 3.16. The molecule has 1 saturated heterocycles. The molecule has 1 amide bonds. The highest BCUT2D eigenvalue weighted by Crippen LogP contribution is 2.40. The van der Waals surface area contributed by atoms with Crippen LogP contribution < -0.4 is 24.8 Å². The van der Waals surface area contributed by atoms with Gasteiger partial charge in [0.2, 0.25) is 5.91 Å². The van der Waals surface area contributed by atoms with Crippen LogP contribution in [0, 0.1) is 0 Å². The molecule has 30 heavy (non-hydrogen) atoms. The van der Waals surface area contributed by atoms with E-state index in [9.17, 15) is 4.79 Å². The third kappa shape index (κ3) is 3.89. The molecule has 3 aromatic carbocycles. The first-order chi connectivity index (χ1) is 14.6. The van der Waals surface area contributed by atoms with E-state index in [-0.39, 0.29) is 11.8 Å². The maximum absolute atomic E-state index is 12.7. The number of ether oxygens (including phenoxy) is 3. The monoisotopic (exact) mass is 404 g/mol. The molecular formula is C24H24N2O4. The van der Waals surface area contributed by atoms with E-state index in [0.29, 0.717) is 41.7 Å². The Hall–Kier alpha value is -3.67. The summed E-state index contributed by atoms with van der Waals surface area (Å²) < 4.78 is 17.0. The molecule has 6 nitrogen and oxygen atoms in total. The summed E-state index contributed by atoms with van der Waals surface area (Å²) in [5, 5.41) is 0. The second-order valence-corrected chi connectivity index (χ2v) is 7.16. The molecule has 0 bridgehead atoms. The van der Waals surface area contributed by atoms with Crippen LogP contribution in [0.1, 0.15) is 17.9 Å². The first-order valence-corrected chi connectivity index (χ1v) is 9.73. The van der Waals surface area contributed by atoms with Crippen LogP contribution >= 0.6 is 0 Å². The zero-order valence-corrected chi connectivity index (χ0v) is 17.0. The highest BCUT2D eigenvalue weighted by atomic mass is 16.5. The molecule has 3 aromatic rings. The molecule has 4 rings (SSSR count). The number of nitrogens with two attached hydrogens (primary N) is 1. The van der Waals surface area contributed by atoms with E-state index in [2.05, 4.69) is 0 Å². The van der Waals surface area contributed by atoms with Crippen molar-refractivity contribution in [2.45, 2.75) is 12.3 Å². The maximum Gasteiger partial charge on any atom is 0.227 e. The predicted molar refractivity (Wildman–Crippen MR) is 117 cm³/mol. The van der Waals surface area contributed by atoms with Crippen LogP contribution in [0.15, 0.2) is 66.7 Å². The van der Waals surface area contributed by atoms with Gasteiger partial charge in [-0.2, -0.15) is 0 Å². The van der Waals surface area contributed by atoms with E-state index in [1.165, 1.54) is 0 Å². The molecule has 1 aliphatic rings. The van der Waals surface area contributed by atoms with Crippen molar-refractivity contribution in [3.05, 3.63) is 72.3 Å². The number of carbonyl (C=O) groups excluding carboxylic acids is 1. The van der Waals surface area contributed by atoms with Gasteiger partial charge < -0.3 is 24.8 Å². The fourth-order valence-corrected chi connectivity index (χ4v) is 3.72. The van der Waals surface area contributed by atoms with E-state index >= 15 is 0 Å². The lowest BCUT2D eigenvalue weighted by Crippen LogP contribution is -2.24. The number of methoxy groups -OCH3 is 2. The van der Waals surface area contributed by atoms with Crippen molar-refractivity contribution in [3.63, 3.8) is 0 Å². The number of benzene rings is 3. The highest BCUT2D eigenvalue weighted by molar-refractivity contribution is 5.96. The SMILES string of the molecule is COc1ccccc1Oc1cc(C2CC(=O)N(c3cccc(N)c3)C2)ccc1OC. The lowest BCUT2D eigenvalue weighted by molar-refractivity contribution is -0.117. The predicted octanol–water partition coefficient (Wildman–Crippen LogP) is 4.60. The van der Waals surface area contributed by atoms with Gasteiger partial charge in [0.05, 0.1) is 14.2 Å². The van der Waals surface area contributed by atoms with Crippen LogP contribution in [0.4, 0.5) is 11.4 Å². The number of rotatable bonds is 6. The van der Waals surface area contributed by atoms with Gasteiger partial charge >= 0.3 is 0 Å². The number of amides is 1. The summed E-state index contributed by atoms with van der Waals surface area (Å²) in [6.45, 7) is 0.586. The maximum atomic E-state index is 12.7. The molecule has 0 spiro atoms. The Morgan fingerprint density at radius 2 is 1.60 bits per heavy atom. The van der Waals surface area contributed by atoms with Crippen molar-refractivity contribution in [2.24, 2.45) is 0 Å². The van der Waals surface area contributed by atoms with Gasteiger partial charge in [-0.05, 0) is 48.0 Å². The zero-order valence-electron chi connectivity index (χ0n) is 17.0. The standard InChI is InChI=1S/C24H24N2O4/c1-28-20-8-3-4-9-22(20)30-23-12-16(10-11-21(23)29-2)17-13-24(27)26(15-17)19-7-5-6-18(25)14-19/h3-12,14,17H,13,15,25H2,1-2H3. The molecule has 6 heteroatoms. The molecule has 1 atom stereocenters. The molecule has 1 heterocycles. The fourth-order valence-electron chi connectivity index (χ4n) is 3.72. The van der Waals surface area contributed by atoms with E-state index in [4.69, 9.17) is 19.9 Å². The van der Waals surface area contributed by atoms with Gasteiger partial charge in [-0.3, -0.25) is 4.79 Å². The van der Waals surface area contributed by atoms with Gasteiger partial charge in [-0.1, -0.05) is 24.3 Å². The number of carbonyl (C=O) groups is 1. The van der Waals surface area contributed by atoms with Gasteiger partial charge in [0.1, 0.15) is 0 Å². The molecule has 0 radical (unpaired) electrons. The molecule has 154 valence electrons. The van der Waals surface area contributed by atoms with Crippen molar-refractivity contribution in [1.29, 1.82) is 0 Å². The van der Waals surface area contributed by atoms with Gasteiger partial charge in [0, 0.05) is 30.3 Å². The number of para-hydroxylation sites is 2. The van der Waals surface area contributed by atoms with Gasteiger partial charge in [-0.15, -0.1) is 0 Å². The molecule has 1 unspecified atom stereocenters. The van der Waals surface area contributed by atoms with Crippen molar-refractivity contribution in [3.8, 4) is 23.0 Å². The fraction of sp³-hybridized carbons (Fsp3) is 0.208. The minimum Gasteiger partial charge on any atom is -0.493 e. The number of anilines is 2. The van der Waals surface area contributed by atoms with E-state index in [0.717, 1.165) is 11.3 Å². The summed E-state index contributed by atoms with van der Waals surface area (Å²) in [5.41, 5.74) is 8.36. The topological polar surface area (TPSA) is 74.0 Å². The van der Waals surface area contributed by atoms with Gasteiger partial charge in [0.15, 0.2) is 23.0 Å². The first-order valence-electron chi connectivity index (χ1n) is 9.73. The zero-order chi connectivity index (χ0) is 21.1. The lowest BCUT2D eigenvalue weighted by atomic mass is 9.98. The summed E-state index contributed by atoms with van der Waals surface area (Å²) in [7, 11) is 3.20. The molecule has 1 aliphatic heterocycles. The van der Waals surface area contributed by atoms with Crippen LogP contribution in [0.3, 0.4) is 0 Å². The Morgan fingerprint density at radius 1 is 0.867 bits per heavy atom. The number of hydrogen-bond donors (Lipinski definition) is 1. The second kappa shape index (κ2) is 8.37. The summed E-state index contributed by atoms with van der Waals surface area (Å²) in [6.07, 6.45) is 0.426. The molecular weight excluding hydrogens is 380 g/mol. The summed E-state index contributed by atoms with van der Waals surface area (Å²) in [4.78, 5) is 14.4. The normalized spacial score (nSPS) is 15.9. The quantitative estimate of drug-likeness (QED) is 0.608. The van der Waals surface area contributed by atoms with Gasteiger partial charge in [-0.25, -0.2) is 0 Å². The van der Waals surface area contributed by atoms with E-state index in [1.807, 2.05) is 66.7 Å². The van der Waals surface area contributed by atoms with E-state index in [1.54, 1.807) is 19.1 Å². The Balaban J connectivity index is 1.61. The largest absolute Gasteiger partial charge is 0.493 e. The number of hydrogen-bond acceptors (Lipinski definition) is 5. The summed E-state index contributed by atoms with van der Waals surface area (Å²) in [5.74, 6) is 2.54. The minimum absolute atomic E-state index is 0.0462. The van der Waals surface area contributed by atoms with Gasteiger partial charge in [0.25, 0.3) is 0 Å². The average molecular weight is 404 g/mol. The summed E-state index contributed by atoms with van der Waals surface area (Å²) >= 11 is 0. The van der Waals surface area contributed by atoms with Crippen LogP contribution in [0.5, 0.6) is 23.0 Å². The Kier molecular flexibility index (Phi) is 5.48. The molecule has 1 fully saturated rings. The summed E-state index contributed by atoms with van der Waals surface area (Å²) in [6, 6.07) is 20.6. The minimum atomic E-state index is 0.0462. The number of nitrogens with zero attached hydrogens (tertiary/aromatic N) is 1. The van der Waals surface area contributed by atoms with Crippen molar-refractivity contribution < 1.29 is 19.0 Å². The highest BCUT2D eigenvalue weighted by Gasteiger charge is 2.32. The van der Waals surface area contributed by atoms with Crippen molar-refractivity contribution in [2.75, 3.05) is 31.4 Å². The Bertz CT molecular complexity index is 1070. The third-order valence-electron chi connectivity index (χ3n) is 5.25. The van der Waals surface area contributed by atoms with Crippen LogP contribution in [0.2, 0.25) is 0 Å². The Labute approximate surface area is 175 Å². The molecule has 0 aliphatic carbocycles. The van der Waals surface area contributed by atoms with Crippen LogP contribution in [0.25, 0.3) is 0 Å². The molecule has 2 N–H and O–H groups in total. The first kappa shape index (κ1) is 19.6. The van der Waals surface area contributed by atoms with Crippen LogP contribution in [-0.4, -0.2) is 26.7 Å².